The second-order valence-corrected chi connectivity index (χ2v) is 3.84. The average molecular weight is 299 g/mol. The van der Waals surface area contributed by atoms with Crippen LogP contribution in [0.1, 0.15) is 10.4 Å². The first kappa shape index (κ1) is 15.2. The Morgan fingerprint density at radius 3 is 2.37 bits per heavy atom. The van der Waals surface area contributed by atoms with E-state index >= 15 is 0 Å². The summed E-state index contributed by atoms with van der Waals surface area (Å²) >= 11 is 5.58. The predicted octanol–water partition coefficient (Wildman–Crippen LogP) is 2.28. The third-order valence-corrected chi connectivity index (χ3v) is 2.41. The van der Waals surface area contributed by atoms with E-state index in [4.69, 9.17) is 17.3 Å². The molecular formula is C10H7ClF4N2O2. The summed E-state index contributed by atoms with van der Waals surface area (Å²) in [5, 5.41) is 1.31. The number of alkyl halides is 4. The van der Waals surface area contributed by atoms with Gasteiger partial charge in [0.2, 0.25) is 5.91 Å². The van der Waals surface area contributed by atoms with Crippen molar-refractivity contribution >= 4 is 29.1 Å². The van der Waals surface area contributed by atoms with Crippen molar-refractivity contribution in [2.75, 3.05) is 5.32 Å². The number of carbonyl (C=O) groups is 2. The Labute approximate surface area is 109 Å². The molecule has 9 heteroatoms. The molecule has 0 aromatic heterocycles. The first-order valence-corrected chi connectivity index (χ1v) is 5.10. The fourth-order valence-electron chi connectivity index (χ4n) is 1.08. The smallest absolute Gasteiger partial charge is 0.366 e. The summed E-state index contributed by atoms with van der Waals surface area (Å²) in [5.41, 5.74) is 4.40. The van der Waals surface area contributed by atoms with Crippen molar-refractivity contribution in [3.63, 3.8) is 0 Å². The molecule has 0 fully saturated rings. The summed E-state index contributed by atoms with van der Waals surface area (Å²) in [5.74, 6) is -8.00. The molecule has 0 atom stereocenters. The minimum absolute atomic E-state index is 0.125. The van der Waals surface area contributed by atoms with E-state index < -0.39 is 29.8 Å². The molecule has 0 aliphatic carbocycles. The van der Waals surface area contributed by atoms with Crippen molar-refractivity contribution in [3.05, 3.63) is 28.8 Å². The van der Waals surface area contributed by atoms with Crippen LogP contribution in [-0.4, -0.2) is 24.2 Å². The quantitative estimate of drug-likeness (QED) is 0.837. The molecule has 4 nitrogen and oxygen atoms in total. The van der Waals surface area contributed by atoms with E-state index in [2.05, 4.69) is 0 Å². The average Bonchev–Trinajstić information content (AvgIpc) is 2.31. The molecule has 0 unspecified atom stereocenters. The number of hydrogen-bond acceptors (Lipinski definition) is 2. The highest BCUT2D eigenvalue weighted by Crippen LogP contribution is 2.28. The van der Waals surface area contributed by atoms with E-state index in [0.29, 0.717) is 0 Å². The number of benzene rings is 1. The van der Waals surface area contributed by atoms with Crippen LogP contribution in [0.15, 0.2) is 18.2 Å². The topological polar surface area (TPSA) is 72.2 Å². The SMILES string of the molecule is NC(=O)c1ccc(Cl)c(NC(=O)C(F)(F)C(F)F)c1. The van der Waals surface area contributed by atoms with Crippen molar-refractivity contribution in [1.82, 2.24) is 0 Å². The molecule has 1 aromatic carbocycles. The second kappa shape index (κ2) is 5.43. The highest BCUT2D eigenvalue weighted by Gasteiger charge is 2.49. The van der Waals surface area contributed by atoms with Crippen LogP contribution >= 0.6 is 11.6 Å². The Morgan fingerprint density at radius 1 is 1.32 bits per heavy atom. The van der Waals surface area contributed by atoms with Crippen LogP contribution in [0, 0.1) is 0 Å². The first-order chi connectivity index (χ1) is 8.66. The van der Waals surface area contributed by atoms with Crippen LogP contribution < -0.4 is 11.1 Å². The number of nitrogens with one attached hydrogen (secondary N) is 1. The second-order valence-electron chi connectivity index (χ2n) is 3.44. The van der Waals surface area contributed by atoms with Crippen molar-refractivity contribution in [2.24, 2.45) is 5.73 Å². The summed E-state index contributed by atoms with van der Waals surface area (Å²) in [6, 6.07) is 3.20. The molecule has 0 saturated heterocycles. The molecule has 0 spiro atoms. The van der Waals surface area contributed by atoms with Gasteiger partial charge in [0.05, 0.1) is 10.7 Å². The van der Waals surface area contributed by atoms with E-state index in [9.17, 15) is 27.2 Å². The zero-order valence-corrected chi connectivity index (χ0v) is 9.85. The fourth-order valence-corrected chi connectivity index (χ4v) is 1.24. The summed E-state index contributed by atoms with van der Waals surface area (Å²) in [7, 11) is 0. The molecule has 0 bridgehead atoms. The third kappa shape index (κ3) is 3.34. The van der Waals surface area contributed by atoms with Crippen molar-refractivity contribution in [2.45, 2.75) is 12.3 Å². The van der Waals surface area contributed by atoms with Crippen LogP contribution in [0.5, 0.6) is 0 Å². The van der Waals surface area contributed by atoms with Gasteiger partial charge in [0.15, 0.2) is 0 Å². The number of amides is 2. The lowest BCUT2D eigenvalue weighted by molar-refractivity contribution is -0.163. The number of carbonyl (C=O) groups excluding carboxylic acids is 2. The Balaban J connectivity index is 3.03. The maximum absolute atomic E-state index is 12.7. The molecular weight excluding hydrogens is 292 g/mol. The van der Waals surface area contributed by atoms with Gasteiger partial charge in [0.25, 0.3) is 0 Å². The van der Waals surface area contributed by atoms with Gasteiger partial charge < -0.3 is 11.1 Å². The van der Waals surface area contributed by atoms with Crippen molar-refractivity contribution in [1.29, 1.82) is 0 Å². The standard InChI is InChI=1S/C10H7ClF4N2O2/c11-5-2-1-4(7(16)18)3-6(5)17-9(19)10(14,15)8(12)13/h1-3,8H,(H2,16,18)(H,17,19). The molecule has 0 heterocycles. The number of hydrogen-bond donors (Lipinski definition) is 2. The van der Waals surface area contributed by atoms with Gasteiger partial charge in [-0.15, -0.1) is 0 Å². The lowest BCUT2D eigenvalue weighted by Gasteiger charge is -2.15. The largest absolute Gasteiger partial charge is 0.383 e. The van der Waals surface area contributed by atoms with Crippen molar-refractivity contribution in [3.8, 4) is 0 Å². The van der Waals surface area contributed by atoms with E-state index in [1.807, 2.05) is 0 Å². The molecule has 104 valence electrons. The summed E-state index contributed by atoms with van der Waals surface area (Å²) in [6.45, 7) is 0. The Hall–Kier alpha value is -1.83. The Morgan fingerprint density at radius 2 is 1.89 bits per heavy atom. The Kier molecular flexibility index (Phi) is 4.35. The zero-order valence-electron chi connectivity index (χ0n) is 9.09. The molecule has 1 rings (SSSR count). The molecule has 2 amide bonds. The molecule has 0 saturated carbocycles. The van der Waals surface area contributed by atoms with E-state index in [1.165, 1.54) is 11.4 Å². The lowest BCUT2D eigenvalue weighted by Crippen LogP contribution is -2.41. The summed E-state index contributed by atoms with van der Waals surface area (Å²) in [4.78, 5) is 21.8. The van der Waals surface area contributed by atoms with E-state index in [0.717, 1.165) is 12.1 Å². The number of anilines is 1. The molecule has 0 aliphatic heterocycles. The predicted molar refractivity (Wildman–Crippen MR) is 59.6 cm³/mol. The molecule has 0 aliphatic rings. The minimum Gasteiger partial charge on any atom is -0.366 e. The molecule has 1 aromatic rings. The van der Waals surface area contributed by atoms with Gasteiger partial charge in [-0.05, 0) is 18.2 Å². The zero-order chi connectivity index (χ0) is 14.8. The van der Waals surface area contributed by atoms with E-state index in [-0.39, 0.29) is 10.6 Å². The number of primary amides is 1. The van der Waals surface area contributed by atoms with Crippen LogP contribution in [0.25, 0.3) is 0 Å². The third-order valence-electron chi connectivity index (χ3n) is 2.08. The van der Waals surface area contributed by atoms with Crippen LogP contribution in [0.4, 0.5) is 23.2 Å². The van der Waals surface area contributed by atoms with Crippen LogP contribution in [-0.2, 0) is 4.79 Å². The van der Waals surface area contributed by atoms with Crippen LogP contribution in [0.3, 0.4) is 0 Å². The number of nitrogens with two attached hydrogens (primary N) is 1. The summed E-state index contributed by atoms with van der Waals surface area (Å²) in [6.07, 6.45) is -4.16. The maximum Gasteiger partial charge on any atom is 0.383 e. The van der Waals surface area contributed by atoms with E-state index in [1.54, 1.807) is 0 Å². The highest BCUT2D eigenvalue weighted by atomic mass is 35.5. The molecule has 3 N–H and O–H groups in total. The van der Waals surface area contributed by atoms with Gasteiger partial charge in [0.1, 0.15) is 0 Å². The van der Waals surface area contributed by atoms with Gasteiger partial charge in [-0.1, -0.05) is 11.6 Å². The minimum atomic E-state index is -4.87. The maximum atomic E-state index is 12.7. The number of halogens is 5. The van der Waals surface area contributed by atoms with Gasteiger partial charge in [-0.2, -0.15) is 8.78 Å². The molecule has 0 radical (unpaired) electrons. The van der Waals surface area contributed by atoms with Gasteiger partial charge >= 0.3 is 18.3 Å². The lowest BCUT2D eigenvalue weighted by atomic mass is 10.2. The van der Waals surface area contributed by atoms with Crippen LogP contribution in [0.2, 0.25) is 5.02 Å². The fraction of sp³-hybridized carbons (Fsp3) is 0.200. The van der Waals surface area contributed by atoms with Crippen molar-refractivity contribution < 1.29 is 27.2 Å². The normalized spacial score (nSPS) is 11.5. The van der Waals surface area contributed by atoms with Gasteiger partial charge in [-0.3, -0.25) is 9.59 Å². The monoisotopic (exact) mass is 298 g/mol. The first-order valence-electron chi connectivity index (χ1n) is 4.73. The number of rotatable bonds is 4. The van der Waals surface area contributed by atoms with Gasteiger partial charge in [0, 0.05) is 5.56 Å². The highest BCUT2D eigenvalue weighted by molar-refractivity contribution is 6.34. The molecule has 19 heavy (non-hydrogen) atoms. The Bertz CT molecular complexity index is 522. The van der Waals surface area contributed by atoms with Gasteiger partial charge in [-0.25, -0.2) is 8.78 Å². The summed E-state index contributed by atoms with van der Waals surface area (Å²) < 4.78 is 49.4.